The highest BCUT2D eigenvalue weighted by atomic mass is 16.2. The van der Waals surface area contributed by atoms with Crippen molar-refractivity contribution in [3.8, 4) is 0 Å². The van der Waals surface area contributed by atoms with E-state index in [1.165, 1.54) is 5.69 Å². The van der Waals surface area contributed by atoms with E-state index in [1.807, 2.05) is 12.1 Å². The molecule has 0 unspecified atom stereocenters. The van der Waals surface area contributed by atoms with Crippen molar-refractivity contribution >= 4 is 28.8 Å². The number of hydrogen-bond donors (Lipinski definition) is 2. The molecule has 1 amide bonds. The van der Waals surface area contributed by atoms with Gasteiger partial charge in [-0.1, -0.05) is 0 Å². The Hall–Kier alpha value is -2.56. The third kappa shape index (κ3) is 4.04. The summed E-state index contributed by atoms with van der Waals surface area (Å²) < 4.78 is 0. The number of carbonyl (C=O) groups excluding carboxylic acids is 1. The normalized spacial score (nSPS) is 13.4. The molecule has 0 atom stereocenters. The van der Waals surface area contributed by atoms with Crippen LogP contribution in [0, 0.1) is 5.92 Å². The third-order valence-corrected chi connectivity index (χ3v) is 4.25. The molecule has 0 radical (unpaired) electrons. The Morgan fingerprint density at radius 3 is 2.29 bits per heavy atom. The summed E-state index contributed by atoms with van der Waals surface area (Å²) in [5.41, 5.74) is 2.96. The summed E-state index contributed by atoms with van der Waals surface area (Å²) in [4.78, 5) is 18.4. The maximum atomic E-state index is 11.7. The summed E-state index contributed by atoms with van der Waals surface area (Å²) in [7, 11) is 0. The van der Waals surface area contributed by atoms with Gasteiger partial charge in [-0.15, -0.1) is 0 Å². The lowest BCUT2D eigenvalue weighted by atomic mass is 10.2. The first-order chi connectivity index (χ1) is 11.7. The van der Waals surface area contributed by atoms with Gasteiger partial charge in [-0.05, 0) is 63.1 Å². The molecule has 0 saturated heterocycles. The van der Waals surface area contributed by atoms with E-state index in [2.05, 4.69) is 58.6 Å². The Morgan fingerprint density at radius 1 is 1.08 bits per heavy atom. The number of benzene rings is 1. The zero-order valence-electron chi connectivity index (χ0n) is 14.2. The number of aromatic nitrogens is 1. The second kappa shape index (κ2) is 7.34. The number of nitrogens with one attached hydrogen (secondary N) is 2. The highest BCUT2D eigenvalue weighted by molar-refractivity contribution is 5.93. The lowest BCUT2D eigenvalue weighted by molar-refractivity contribution is -0.117. The van der Waals surface area contributed by atoms with Gasteiger partial charge >= 0.3 is 0 Å². The number of amides is 1. The quantitative estimate of drug-likeness (QED) is 0.807. The van der Waals surface area contributed by atoms with Crippen LogP contribution in [0.5, 0.6) is 0 Å². The van der Waals surface area contributed by atoms with Crippen LogP contribution in [0.25, 0.3) is 0 Å². The molecule has 3 rings (SSSR count). The van der Waals surface area contributed by atoms with Crippen LogP contribution < -0.4 is 15.5 Å². The molecule has 1 aliphatic rings. The van der Waals surface area contributed by atoms with Gasteiger partial charge in [0.05, 0.1) is 11.9 Å². The highest BCUT2D eigenvalue weighted by Crippen LogP contribution is 2.30. The maximum absolute atomic E-state index is 11.7. The van der Waals surface area contributed by atoms with E-state index in [9.17, 15) is 4.79 Å². The van der Waals surface area contributed by atoms with Gasteiger partial charge in [0.2, 0.25) is 5.91 Å². The van der Waals surface area contributed by atoms with E-state index in [0.29, 0.717) is 0 Å². The van der Waals surface area contributed by atoms with E-state index < -0.39 is 0 Å². The summed E-state index contributed by atoms with van der Waals surface area (Å²) in [5.74, 6) is 1.06. The van der Waals surface area contributed by atoms with Crippen molar-refractivity contribution in [2.24, 2.45) is 5.92 Å². The first kappa shape index (κ1) is 16.3. The molecule has 5 heteroatoms. The van der Waals surface area contributed by atoms with Crippen molar-refractivity contribution in [2.45, 2.75) is 26.7 Å². The Bertz CT molecular complexity index is 674. The fourth-order valence-corrected chi connectivity index (χ4v) is 2.62. The molecule has 2 N–H and O–H groups in total. The van der Waals surface area contributed by atoms with E-state index in [-0.39, 0.29) is 11.8 Å². The summed E-state index contributed by atoms with van der Waals surface area (Å²) in [6.45, 7) is 6.31. The van der Waals surface area contributed by atoms with Gasteiger partial charge in [0, 0.05) is 30.4 Å². The summed E-state index contributed by atoms with van der Waals surface area (Å²) in [6, 6.07) is 12.1. The second-order valence-corrected chi connectivity index (χ2v) is 6.04. The zero-order chi connectivity index (χ0) is 16.9. The molecule has 126 valence electrons. The van der Waals surface area contributed by atoms with E-state index >= 15 is 0 Å². The molecule has 1 heterocycles. The van der Waals surface area contributed by atoms with Gasteiger partial charge in [0.15, 0.2) is 0 Å². The number of anilines is 4. The van der Waals surface area contributed by atoms with Crippen molar-refractivity contribution in [2.75, 3.05) is 28.6 Å². The molecule has 1 aromatic heterocycles. The van der Waals surface area contributed by atoms with Crippen LogP contribution in [0.1, 0.15) is 26.7 Å². The standard InChI is InChI=1S/C19H24N4O/c1-3-23(4-2)17-10-7-15(8-11-17)21-18-12-9-16(13-20-18)22-19(24)14-5-6-14/h7-14H,3-6H2,1-2H3,(H,20,21)(H,22,24). The maximum Gasteiger partial charge on any atom is 0.227 e. The molecule has 24 heavy (non-hydrogen) atoms. The average molecular weight is 324 g/mol. The smallest absolute Gasteiger partial charge is 0.227 e. The van der Waals surface area contributed by atoms with E-state index in [0.717, 1.165) is 43.1 Å². The van der Waals surface area contributed by atoms with Gasteiger partial charge in [-0.25, -0.2) is 4.98 Å². The van der Waals surface area contributed by atoms with Crippen LogP contribution >= 0.6 is 0 Å². The number of carbonyl (C=O) groups is 1. The lowest BCUT2D eigenvalue weighted by Gasteiger charge is -2.21. The van der Waals surface area contributed by atoms with Crippen molar-refractivity contribution in [1.29, 1.82) is 0 Å². The van der Waals surface area contributed by atoms with Crippen molar-refractivity contribution in [1.82, 2.24) is 4.98 Å². The minimum absolute atomic E-state index is 0.101. The second-order valence-electron chi connectivity index (χ2n) is 6.04. The Kier molecular flexibility index (Phi) is 4.99. The van der Waals surface area contributed by atoms with Crippen molar-refractivity contribution in [3.63, 3.8) is 0 Å². The van der Waals surface area contributed by atoms with E-state index in [1.54, 1.807) is 6.20 Å². The molecule has 1 fully saturated rings. The predicted molar refractivity (Wildman–Crippen MR) is 98.9 cm³/mol. The molecule has 1 aliphatic carbocycles. The van der Waals surface area contributed by atoms with Crippen LogP contribution in [-0.4, -0.2) is 24.0 Å². The van der Waals surface area contributed by atoms with Crippen LogP contribution in [0.3, 0.4) is 0 Å². The number of rotatable bonds is 7. The molecule has 0 spiro atoms. The zero-order valence-corrected chi connectivity index (χ0v) is 14.2. The van der Waals surface area contributed by atoms with Crippen LogP contribution in [0.2, 0.25) is 0 Å². The summed E-state index contributed by atoms with van der Waals surface area (Å²) >= 11 is 0. The average Bonchev–Trinajstić information content (AvgIpc) is 3.44. The first-order valence-electron chi connectivity index (χ1n) is 8.58. The van der Waals surface area contributed by atoms with Crippen molar-refractivity contribution in [3.05, 3.63) is 42.6 Å². The van der Waals surface area contributed by atoms with E-state index in [4.69, 9.17) is 0 Å². The van der Waals surface area contributed by atoms with Gasteiger partial charge in [0.25, 0.3) is 0 Å². The fraction of sp³-hybridized carbons (Fsp3) is 0.368. The van der Waals surface area contributed by atoms with Gasteiger partial charge in [-0.3, -0.25) is 4.79 Å². The molecule has 0 bridgehead atoms. The SMILES string of the molecule is CCN(CC)c1ccc(Nc2ccc(NC(=O)C3CC3)cn2)cc1. The molecule has 2 aromatic rings. The molecular weight excluding hydrogens is 300 g/mol. The Morgan fingerprint density at radius 2 is 1.75 bits per heavy atom. The number of nitrogens with zero attached hydrogens (tertiary/aromatic N) is 2. The summed E-state index contributed by atoms with van der Waals surface area (Å²) in [6.07, 6.45) is 3.69. The third-order valence-electron chi connectivity index (χ3n) is 4.25. The largest absolute Gasteiger partial charge is 0.372 e. The van der Waals surface area contributed by atoms with Crippen LogP contribution in [0.4, 0.5) is 22.9 Å². The summed E-state index contributed by atoms with van der Waals surface area (Å²) in [5, 5.41) is 6.17. The lowest BCUT2D eigenvalue weighted by Crippen LogP contribution is -2.21. The van der Waals surface area contributed by atoms with Gasteiger partial charge in [-0.2, -0.15) is 0 Å². The molecule has 5 nitrogen and oxygen atoms in total. The van der Waals surface area contributed by atoms with Gasteiger partial charge < -0.3 is 15.5 Å². The van der Waals surface area contributed by atoms with Crippen LogP contribution in [0.15, 0.2) is 42.6 Å². The number of hydrogen-bond acceptors (Lipinski definition) is 4. The minimum Gasteiger partial charge on any atom is -0.372 e. The fourth-order valence-electron chi connectivity index (χ4n) is 2.62. The number of pyridine rings is 1. The topological polar surface area (TPSA) is 57.3 Å². The molecule has 1 aromatic carbocycles. The molecule has 0 aliphatic heterocycles. The molecule has 1 saturated carbocycles. The van der Waals surface area contributed by atoms with Crippen LogP contribution in [-0.2, 0) is 4.79 Å². The monoisotopic (exact) mass is 324 g/mol. The van der Waals surface area contributed by atoms with Gasteiger partial charge in [0.1, 0.15) is 5.82 Å². The first-order valence-corrected chi connectivity index (χ1v) is 8.58. The predicted octanol–water partition coefficient (Wildman–Crippen LogP) is 4.02. The highest BCUT2D eigenvalue weighted by Gasteiger charge is 2.29. The Balaban J connectivity index is 1.60. The minimum atomic E-state index is 0.101. The Labute approximate surface area is 143 Å². The molecular formula is C19H24N4O. The van der Waals surface area contributed by atoms with Crippen molar-refractivity contribution < 1.29 is 4.79 Å².